The molecule has 2 aliphatic heterocycles. The average molecular weight is 303 g/mol. The van der Waals surface area contributed by atoms with Crippen LogP contribution in [0.5, 0.6) is 0 Å². The molecule has 1 aromatic heterocycles. The molecular formula is C16H21N3O3. The third-order valence-corrected chi connectivity index (χ3v) is 5.45. The van der Waals surface area contributed by atoms with Crippen molar-refractivity contribution in [2.24, 2.45) is 5.41 Å². The highest BCUT2D eigenvalue weighted by Crippen LogP contribution is 2.46. The molecule has 3 heterocycles. The molecule has 118 valence electrons. The number of ether oxygens (including phenoxy) is 1. The standard InChI is InChI=1S/C16H21N3O3/c20-15(18-21)12-5-11-2-4-19(8-14(11)17-7-12)13-1-3-16(6-13)9-22-10-16/h5,7,13,21H,1-4,6,8-10H2,(H,18,20)/t13-/m1/s1. The molecule has 3 aliphatic rings. The van der Waals surface area contributed by atoms with Crippen molar-refractivity contribution in [2.45, 2.75) is 38.3 Å². The second-order valence-corrected chi connectivity index (χ2v) is 6.88. The SMILES string of the molecule is O=C(NO)c1cnc2c(c1)CCN([C@@H]1CCC3(COC3)C1)C2. The van der Waals surface area contributed by atoms with E-state index < -0.39 is 5.91 Å². The Kier molecular flexibility index (Phi) is 3.40. The molecule has 1 spiro atoms. The summed E-state index contributed by atoms with van der Waals surface area (Å²) in [5, 5.41) is 8.71. The molecule has 1 atom stereocenters. The quantitative estimate of drug-likeness (QED) is 0.633. The number of carbonyl (C=O) groups excluding carboxylic acids is 1. The Morgan fingerprint density at radius 3 is 3.05 bits per heavy atom. The molecule has 2 N–H and O–H groups in total. The first-order valence-electron chi connectivity index (χ1n) is 7.93. The third kappa shape index (κ3) is 2.31. The number of fused-ring (bicyclic) bond motifs is 1. The summed E-state index contributed by atoms with van der Waals surface area (Å²) in [7, 11) is 0. The zero-order chi connectivity index (χ0) is 15.2. The number of hydrogen-bond donors (Lipinski definition) is 2. The van der Waals surface area contributed by atoms with E-state index in [0.29, 0.717) is 17.0 Å². The Morgan fingerprint density at radius 2 is 2.36 bits per heavy atom. The fraction of sp³-hybridized carbons (Fsp3) is 0.625. The summed E-state index contributed by atoms with van der Waals surface area (Å²) in [6.45, 7) is 3.75. The van der Waals surface area contributed by atoms with E-state index in [1.807, 2.05) is 6.07 Å². The highest BCUT2D eigenvalue weighted by molar-refractivity contribution is 5.93. The number of carbonyl (C=O) groups is 1. The van der Waals surface area contributed by atoms with Gasteiger partial charge in [0.25, 0.3) is 5.91 Å². The lowest BCUT2D eigenvalue weighted by Gasteiger charge is -2.40. The van der Waals surface area contributed by atoms with Crippen LogP contribution in [0.2, 0.25) is 0 Å². The molecule has 6 nitrogen and oxygen atoms in total. The zero-order valence-corrected chi connectivity index (χ0v) is 12.5. The van der Waals surface area contributed by atoms with Crippen LogP contribution in [0, 0.1) is 5.41 Å². The van der Waals surface area contributed by atoms with Crippen molar-refractivity contribution in [3.63, 3.8) is 0 Å². The van der Waals surface area contributed by atoms with Crippen LogP contribution in [-0.2, 0) is 17.7 Å². The van der Waals surface area contributed by atoms with Gasteiger partial charge in [0.2, 0.25) is 0 Å². The second-order valence-electron chi connectivity index (χ2n) is 6.88. The van der Waals surface area contributed by atoms with Crippen molar-refractivity contribution in [2.75, 3.05) is 19.8 Å². The Hall–Kier alpha value is -1.50. The Balaban J connectivity index is 1.47. The summed E-state index contributed by atoms with van der Waals surface area (Å²) < 4.78 is 5.41. The van der Waals surface area contributed by atoms with Crippen molar-refractivity contribution in [3.8, 4) is 0 Å². The number of amides is 1. The monoisotopic (exact) mass is 303 g/mol. The molecule has 1 amide bonds. The number of rotatable bonds is 2. The van der Waals surface area contributed by atoms with Crippen LogP contribution in [0.25, 0.3) is 0 Å². The largest absolute Gasteiger partial charge is 0.380 e. The van der Waals surface area contributed by atoms with E-state index >= 15 is 0 Å². The predicted molar refractivity (Wildman–Crippen MR) is 78.5 cm³/mol. The topological polar surface area (TPSA) is 74.7 Å². The molecule has 0 aromatic carbocycles. The van der Waals surface area contributed by atoms with Crippen molar-refractivity contribution in [1.29, 1.82) is 0 Å². The molecule has 1 aromatic rings. The third-order valence-electron chi connectivity index (χ3n) is 5.45. The van der Waals surface area contributed by atoms with Crippen LogP contribution in [-0.4, -0.2) is 46.8 Å². The smallest absolute Gasteiger partial charge is 0.276 e. The van der Waals surface area contributed by atoms with Crippen molar-refractivity contribution < 1.29 is 14.7 Å². The van der Waals surface area contributed by atoms with E-state index in [2.05, 4.69) is 9.88 Å². The van der Waals surface area contributed by atoms with E-state index in [1.165, 1.54) is 19.3 Å². The Bertz CT molecular complexity index is 600. The number of hydrogen-bond acceptors (Lipinski definition) is 5. The van der Waals surface area contributed by atoms with Crippen molar-refractivity contribution >= 4 is 5.91 Å². The van der Waals surface area contributed by atoms with Gasteiger partial charge in [-0.3, -0.25) is 19.9 Å². The maximum absolute atomic E-state index is 11.5. The molecule has 22 heavy (non-hydrogen) atoms. The molecule has 4 rings (SSSR count). The van der Waals surface area contributed by atoms with Gasteiger partial charge in [-0.25, -0.2) is 5.48 Å². The van der Waals surface area contributed by atoms with E-state index in [1.54, 1.807) is 11.7 Å². The van der Waals surface area contributed by atoms with Gasteiger partial charge in [-0.2, -0.15) is 0 Å². The normalized spacial score (nSPS) is 26.5. The van der Waals surface area contributed by atoms with Gasteiger partial charge in [0.1, 0.15) is 0 Å². The van der Waals surface area contributed by atoms with Gasteiger partial charge in [0, 0.05) is 30.7 Å². The minimum Gasteiger partial charge on any atom is -0.380 e. The zero-order valence-electron chi connectivity index (χ0n) is 12.5. The number of pyridine rings is 1. The summed E-state index contributed by atoms with van der Waals surface area (Å²) in [4.78, 5) is 18.4. The van der Waals surface area contributed by atoms with Crippen LogP contribution in [0.3, 0.4) is 0 Å². The molecular weight excluding hydrogens is 282 g/mol. The second kappa shape index (κ2) is 5.30. The van der Waals surface area contributed by atoms with E-state index in [-0.39, 0.29) is 0 Å². The first-order valence-corrected chi connectivity index (χ1v) is 7.93. The lowest BCUT2D eigenvalue weighted by molar-refractivity contribution is -0.111. The van der Waals surface area contributed by atoms with Gasteiger partial charge in [-0.1, -0.05) is 0 Å². The highest BCUT2D eigenvalue weighted by Gasteiger charge is 2.46. The number of nitrogens with one attached hydrogen (secondary N) is 1. The Morgan fingerprint density at radius 1 is 1.50 bits per heavy atom. The minimum absolute atomic E-state index is 0.418. The van der Waals surface area contributed by atoms with E-state index in [4.69, 9.17) is 9.94 Å². The average Bonchev–Trinajstić information content (AvgIpc) is 2.99. The van der Waals surface area contributed by atoms with Crippen LogP contribution in [0.15, 0.2) is 12.3 Å². The number of nitrogens with zero attached hydrogens (tertiary/aromatic N) is 2. The van der Waals surface area contributed by atoms with Crippen LogP contribution >= 0.6 is 0 Å². The van der Waals surface area contributed by atoms with Crippen molar-refractivity contribution in [1.82, 2.24) is 15.4 Å². The van der Waals surface area contributed by atoms with Crippen LogP contribution in [0.1, 0.15) is 40.9 Å². The summed E-state index contributed by atoms with van der Waals surface area (Å²) in [5.74, 6) is -0.500. The fourth-order valence-electron chi connectivity index (χ4n) is 4.07. The first kappa shape index (κ1) is 14.1. The van der Waals surface area contributed by atoms with Gasteiger partial charge in [-0.05, 0) is 37.3 Å². The Labute approximate surface area is 129 Å². The summed E-state index contributed by atoms with van der Waals surface area (Å²) in [6.07, 6.45) is 6.24. The molecule has 6 heteroatoms. The molecule has 1 saturated carbocycles. The van der Waals surface area contributed by atoms with Crippen LogP contribution in [0.4, 0.5) is 0 Å². The molecule has 1 aliphatic carbocycles. The minimum atomic E-state index is -0.500. The fourth-order valence-corrected chi connectivity index (χ4v) is 4.07. The maximum Gasteiger partial charge on any atom is 0.276 e. The van der Waals surface area contributed by atoms with Gasteiger partial charge >= 0.3 is 0 Å². The molecule has 2 fully saturated rings. The summed E-state index contributed by atoms with van der Waals surface area (Å²) in [6, 6.07) is 2.49. The maximum atomic E-state index is 11.5. The molecule has 1 saturated heterocycles. The predicted octanol–water partition coefficient (Wildman–Crippen LogP) is 1.13. The van der Waals surface area contributed by atoms with Gasteiger partial charge in [0.05, 0.1) is 24.5 Å². The summed E-state index contributed by atoms with van der Waals surface area (Å²) >= 11 is 0. The lowest BCUT2D eigenvalue weighted by Crippen LogP contribution is -2.44. The molecule has 0 bridgehead atoms. The van der Waals surface area contributed by atoms with E-state index in [0.717, 1.165) is 44.0 Å². The number of hydroxylamine groups is 1. The van der Waals surface area contributed by atoms with Crippen molar-refractivity contribution in [3.05, 3.63) is 29.1 Å². The molecule has 0 unspecified atom stereocenters. The molecule has 0 radical (unpaired) electrons. The highest BCUT2D eigenvalue weighted by atomic mass is 16.5. The summed E-state index contributed by atoms with van der Waals surface area (Å²) in [5.41, 5.74) is 4.72. The van der Waals surface area contributed by atoms with Gasteiger partial charge < -0.3 is 4.74 Å². The van der Waals surface area contributed by atoms with Gasteiger partial charge in [0.15, 0.2) is 0 Å². The number of aromatic nitrogens is 1. The van der Waals surface area contributed by atoms with E-state index in [9.17, 15) is 4.79 Å². The first-order chi connectivity index (χ1) is 10.7. The van der Waals surface area contributed by atoms with Gasteiger partial charge in [-0.15, -0.1) is 0 Å². The van der Waals surface area contributed by atoms with Crippen LogP contribution < -0.4 is 5.48 Å². The lowest BCUT2D eigenvalue weighted by atomic mass is 9.84.